The van der Waals surface area contributed by atoms with E-state index in [9.17, 15) is 19.8 Å². The summed E-state index contributed by atoms with van der Waals surface area (Å²) in [5.74, 6) is -0.421. The molecule has 0 saturated carbocycles. The number of phenols is 1. The van der Waals surface area contributed by atoms with Gasteiger partial charge in [0.1, 0.15) is 6.61 Å². The van der Waals surface area contributed by atoms with Crippen molar-refractivity contribution in [2.75, 3.05) is 7.11 Å². The maximum Gasteiger partial charge on any atom is 0.343 e. The molecule has 8 nitrogen and oxygen atoms in total. The number of pyridine rings is 2. The van der Waals surface area contributed by atoms with E-state index in [-0.39, 0.29) is 42.0 Å². The van der Waals surface area contributed by atoms with Gasteiger partial charge in [-0.15, -0.1) is 0 Å². The van der Waals surface area contributed by atoms with Crippen molar-refractivity contribution in [2.45, 2.75) is 32.1 Å². The molecule has 5 rings (SSSR count). The number of carbonyl (C=O) groups excluding carboxylic acids is 1. The van der Waals surface area contributed by atoms with Crippen molar-refractivity contribution in [3.8, 4) is 22.9 Å². The first-order valence-corrected chi connectivity index (χ1v) is 9.25. The number of fused-ring (bicyclic) bond motifs is 5. The zero-order chi connectivity index (χ0) is 20.5. The van der Waals surface area contributed by atoms with E-state index in [0.717, 1.165) is 5.56 Å². The van der Waals surface area contributed by atoms with Crippen LogP contribution in [0.4, 0.5) is 0 Å². The fourth-order valence-corrected chi connectivity index (χ4v) is 4.23. The van der Waals surface area contributed by atoms with Crippen LogP contribution < -0.4 is 10.3 Å². The van der Waals surface area contributed by atoms with Crippen LogP contribution in [0.25, 0.3) is 22.3 Å². The summed E-state index contributed by atoms with van der Waals surface area (Å²) in [6.07, 6.45) is 0.0935. The first-order valence-electron chi connectivity index (χ1n) is 9.25. The number of aliphatic hydroxyl groups is 1. The average Bonchev–Trinajstić information content (AvgIpc) is 3.08. The molecule has 3 aromatic rings. The summed E-state index contributed by atoms with van der Waals surface area (Å²) < 4.78 is 11.9. The Labute approximate surface area is 165 Å². The predicted octanol–water partition coefficient (Wildman–Crippen LogP) is 1.79. The Balaban J connectivity index is 1.79. The second kappa shape index (κ2) is 5.81. The third-order valence-electron chi connectivity index (χ3n) is 5.83. The maximum atomic E-state index is 13.1. The second-order valence-corrected chi connectivity index (χ2v) is 7.28. The van der Waals surface area contributed by atoms with Gasteiger partial charge in [-0.3, -0.25) is 4.79 Å². The molecule has 2 aromatic heterocycles. The highest BCUT2D eigenvalue weighted by Gasteiger charge is 2.45. The van der Waals surface area contributed by atoms with E-state index in [1.807, 2.05) is 6.07 Å². The zero-order valence-corrected chi connectivity index (χ0v) is 15.9. The molecule has 0 bridgehead atoms. The minimum absolute atomic E-state index is 0.00793. The van der Waals surface area contributed by atoms with Gasteiger partial charge < -0.3 is 24.3 Å². The number of carbonyl (C=O) groups is 1. The number of aromatic hydroxyl groups is 1. The normalized spacial score (nSPS) is 19.5. The van der Waals surface area contributed by atoms with Crippen molar-refractivity contribution in [3.05, 3.63) is 51.3 Å². The SMILES string of the molecule is CC[C@@]1(O)C(=O)OCc2c1cc1n(c2=O)Cc2cc3c(OC)c(O)ccc3nc2-1. The predicted molar refractivity (Wildman–Crippen MR) is 103 cm³/mol. The maximum absolute atomic E-state index is 13.1. The number of nitrogens with zero attached hydrogens (tertiary/aromatic N) is 2. The van der Waals surface area contributed by atoms with Crippen molar-refractivity contribution in [2.24, 2.45) is 0 Å². The Kier molecular flexibility index (Phi) is 3.54. The van der Waals surface area contributed by atoms with Crippen molar-refractivity contribution in [1.29, 1.82) is 0 Å². The van der Waals surface area contributed by atoms with Gasteiger partial charge in [0, 0.05) is 16.5 Å². The molecule has 29 heavy (non-hydrogen) atoms. The summed E-state index contributed by atoms with van der Waals surface area (Å²) >= 11 is 0. The molecule has 0 amide bonds. The molecule has 148 valence electrons. The Morgan fingerprint density at radius 3 is 2.83 bits per heavy atom. The van der Waals surface area contributed by atoms with Gasteiger partial charge in [-0.05, 0) is 30.7 Å². The summed E-state index contributed by atoms with van der Waals surface area (Å²) in [5, 5.41) is 21.6. The number of methoxy groups -OCH3 is 1. The number of aromatic nitrogens is 2. The van der Waals surface area contributed by atoms with E-state index in [2.05, 4.69) is 4.98 Å². The summed E-state index contributed by atoms with van der Waals surface area (Å²) in [7, 11) is 1.47. The summed E-state index contributed by atoms with van der Waals surface area (Å²) in [6.45, 7) is 1.79. The quantitative estimate of drug-likeness (QED) is 0.499. The zero-order valence-electron chi connectivity index (χ0n) is 15.9. The van der Waals surface area contributed by atoms with Crippen molar-refractivity contribution in [3.63, 3.8) is 0 Å². The monoisotopic (exact) mass is 394 g/mol. The lowest BCUT2D eigenvalue weighted by Gasteiger charge is -2.31. The van der Waals surface area contributed by atoms with Gasteiger partial charge in [0.05, 0.1) is 36.1 Å². The van der Waals surface area contributed by atoms with Gasteiger partial charge in [-0.2, -0.15) is 0 Å². The minimum atomic E-state index is -1.85. The molecule has 0 aliphatic carbocycles. The highest BCUT2D eigenvalue weighted by atomic mass is 16.6. The number of cyclic esters (lactones) is 1. The Morgan fingerprint density at radius 1 is 1.31 bits per heavy atom. The molecule has 0 spiro atoms. The highest BCUT2D eigenvalue weighted by molar-refractivity contribution is 5.91. The van der Waals surface area contributed by atoms with Gasteiger partial charge in [-0.1, -0.05) is 6.92 Å². The van der Waals surface area contributed by atoms with Crippen LogP contribution in [0.15, 0.2) is 29.1 Å². The van der Waals surface area contributed by atoms with Crippen LogP contribution >= 0.6 is 0 Å². The summed E-state index contributed by atoms with van der Waals surface area (Å²) in [6, 6.07) is 6.69. The van der Waals surface area contributed by atoms with Crippen molar-refractivity contribution < 1.29 is 24.5 Å². The topological polar surface area (TPSA) is 111 Å². The first kappa shape index (κ1) is 17.7. The molecule has 0 radical (unpaired) electrons. The first-order chi connectivity index (χ1) is 13.9. The van der Waals surface area contributed by atoms with E-state index >= 15 is 0 Å². The second-order valence-electron chi connectivity index (χ2n) is 7.28. The van der Waals surface area contributed by atoms with Gasteiger partial charge in [0.2, 0.25) is 0 Å². The Bertz CT molecular complexity index is 1280. The summed E-state index contributed by atoms with van der Waals surface area (Å²) in [4.78, 5) is 30.0. The molecule has 2 aliphatic rings. The van der Waals surface area contributed by atoms with Gasteiger partial charge >= 0.3 is 5.97 Å². The van der Waals surface area contributed by atoms with Gasteiger partial charge in [0.25, 0.3) is 5.56 Å². The average molecular weight is 394 g/mol. The molecule has 0 unspecified atom stereocenters. The molecular weight excluding hydrogens is 376 g/mol. The molecule has 1 atom stereocenters. The molecule has 2 N–H and O–H groups in total. The molecule has 0 saturated heterocycles. The molecule has 2 aliphatic heterocycles. The number of ether oxygens (including phenoxy) is 2. The third-order valence-corrected chi connectivity index (χ3v) is 5.83. The number of hydrogen-bond donors (Lipinski definition) is 2. The third kappa shape index (κ3) is 2.20. The van der Waals surface area contributed by atoms with Gasteiger partial charge in [0.15, 0.2) is 17.1 Å². The van der Waals surface area contributed by atoms with Crippen LogP contribution in [0.5, 0.6) is 11.5 Å². The standard InChI is InChI=1S/C21H18N2O6/c1-3-21(27)13-7-15-17-10(8-23(15)19(25)12(13)9-29-20(21)26)6-11-14(22-17)4-5-16(24)18(11)28-2/h4-7,24,27H,3,8-9H2,1-2H3/t21-/m0/s1. The lowest BCUT2D eigenvalue weighted by molar-refractivity contribution is -0.172. The van der Waals surface area contributed by atoms with Crippen LogP contribution in [0.1, 0.15) is 30.0 Å². The number of phenolic OH excluding ortho intramolecular Hbond substituents is 1. The number of rotatable bonds is 2. The van der Waals surface area contributed by atoms with Gasteiger partial charge in [-0.25, -0.2) is 9.78 Å². The number of hydrogen-bond acceptors (Lipinski definition) is 7. The lowest BCUT2D eigenvalue weighted by atomic mass is 9.86. The number of benzene rings is 1. The van der Waals surface area contributed by atoms with Crippen LogP contribution in [0, 0.1) is 0 Å². The Morgan fingerprint density at radius 2 is 2.10 bits per heavy atom. The molecule has 0 fully saturated rings. The lowest BCUT2D eigenvalue weighted by Crippen LogP contribution is -2.44. The Hall–Kier alpha value is -3.39. The summed E-state index contributed by atoms with van der Waals surface area (Å²) in [5.41, 5.74) is 0.929. The van der Waals surface area contributed by atoms with Crippen molar-refractivity contribution >= 4 is 16.9 Å². The van der Waals surface area contributed by atoms with E-state index in [1.54, 1.807) is 23.6 Å². The van der Waals surface area contributed by atoms with E-state index in [1.165, 1.54) is 13.2 Å². The van der Waals surface area contributed by atoms with Crippen LogP contribution in [-0.4, -0.2) is 32.8 Å². The fraction of sp³-hybridized carbons (Fsp3) is 0.286. The molecular formula is C21H18N2O6. The molecule has 1 aromatic carbocycles. The number of esters is 1. The molecule has 8 heteroatoms. The minimum Gasteiger partial charge on any atom is -0.504 e. The van der Waals surface area contributed by atoms with E-state index in [0.29, 0.717) is 28.0 Å². The highest BCUT2D eigenvalue weighted by Crippen LogP contribution is 2.41. The fourth-order valence-electron chi connectivity index (χ4n) is 4.23. The largest absolute Gasteiger partial charge is 0.504 e. The van der Waals surface area contributed by atoms with E-state index in [4.69, 9.17) is 9.47 Å². The van der Waals surface area contributed by atoms with Crippen LogP contribution in [0.2, 0.25) is 0 Å². The van der Waals surface area contributed by atoms with E-state index < -0.39 is 11.6 Å². The van der Waals surface area contributed by atoms with Crippen molar-refractivity contribution in [1.82, 2.24) is 9.55 Å². The van der Waals surface area contributed by atoms with Crippen LogP contribution in [-0.2, 0) is 28.3 Å². The molecule has 4 heterocycles. The van der Waals surface area contributed by atoms with Crippen LogP contribution in [0.3, 0.4) is 0 Å². The smallest absolute Gasteiger partial charge is 0.343 e.